The standard InChI is InChI=1S/C10H17N5O/c11-10-13-7-15(14-10)6-9(16)12-5-8-3-1-2-4-8/h7-8H,1-6H2,(H2,11,14)(H,12,16). The minimum Gasteiger partial charge on any atom is -0.367 e. The Bertz CT molecular complexity index is 356. The molecule has 3 N–H and O–H groups in total. The number of hydrogen-bond acceptors (Lipinski definition) is 4. The lowest BCUT2D eigenvalue weighted by molar-refractivity contribution is -0.122. The molecule has 16 heavy (non-hydrogen) atoms. The van der Waals surface area contributed by atoms with Crippen LogP contribution in [0.1, 0.15) is 25.7 Å². The number of rotatable bonds is 4. The summed E-state index contributed by atoms with van der Waals surface area (Å²) in [5.41, 5.74) is 5.35. The molecule has 0 radical (unpaired) electrons. The summed E-state index contributed by atoms with van der Waals surface area (Å²) < 4.78 is 1.44. The van der Waals surface area contributed by atoms with E-state index in [4.69, 9.17) is 5.73 Å². The zero-order valence-electron chi connectivity index (χ0n) is 9.22. The number of hydrogen-bond donors (Lipinski definition) is 2. The van der Waals surface area contributed by atoms with Crippen LogP contribution >= 0.6 is 0 Å². The van der Waals surface area contributed by atoms with Crippen molar-refractivity contribution in [2.24, 2.45) is 5.92 Å². The van der Waals surface area contributed by atoms with Crippen molar-refractivity contribution in [1.29, 1.82) is 0 Å². The number of carbonyl (C=O) groups excluding carboxylic acids is 1. The van der Waals surface area contributed by atoms with Crippen molar-refractivity contribution >= 4 is 11.9 Å². The van der Waals surface area contributed by atoms with Gasteiger partial charge in [0.2, 0.25) is 11.9 Å². The van der Waals surface area contributed by atoms with E-state index in [-0.39, 0.29) is 18.4 Å². The molecule has 1 aromatic rings. The second-order valence-electron chi connectivity index (χ2n) is 4.25. The van der Waals surface area contributed by atoms with E-state index >= 15 is 0 Å². The molecule has 88 valence electrons. The van der Waals surface area contributed by atoms with Crippen LogP contribution in [0.2, 0.25) is 0 Å². The monoisotopic (exact) mass is 223 g/mol. The predicted octanol–water partition coefficient (Wildman–Crippen LogP) is 0.167. The van der Waals surface area contributed by atoms with Gasteiger partial charge in [-0.1, -0.05) is 12.8 Å². The van der Waals surface area contributed by atoms with Gasteiger partial charge in [0.15, 0.2) is 0 Å². The van der Waals surface area contributed by atoms with Gasteiger partial charge in [0.1, 0.15) is 12.9 Å². The fourth-order valence-corrected chi connectivity index (χ4v) is 2.06. The highest BCUT2D eigenvalue weighted by molar-refractivity contribution is 5.75. The van der Waals surface area contributed by atoms with Crippen LogP contribution in [0.4, 0.5) is 5.95 Å². The summed E-state index contributed by atoms with van der Waals surface area (Å²) >= 11 is 0. The molecular weight excluding hydrogens is 206 g/mol. The minimum atomic E-state index is -0.0307. The normalized spacial score (nSPS) is 16.5. The maximum absolute atomic E-state index is 11.5. The number of nitrogens with zero attached hydrogens (tertiary/aromatic N) is 3. The lowest BCUT2D eigenvalue weighted by atomic mass is 10.1. The summed E-state index contributed by atoms with van der Waals surface area (Å²) in [7, 11) is 0. The fraction of sp³-hybridized carbons (Fsp3) is 0.700. The van der Waals surface area contributed by atoms with Gasteiger partial charge in [-0.25, -0.2) is 9.67 Å². The van der Waals surface area contributed by atoms with E-state index in [1.165, 1.54) is 36.7 Å². The van der Waals surface area contributed by atoms with E-state index in [0.29, 0.717) is 5.92 Å². The van der Waals surface area contributed by atoms with Crippen LogP contribution in [0, 0.1) is 5.92 Å². The second-order valence-corrected chi connectivity index (χ2v) is 4.25. The second kappa shape index (κ2) is 4.96. The number of anilines is 1. The van der Waals surface area contributed by atoms with Gasteiger partial charge in [-0.15, -0.1) is 5.10 Å². The molecule has 6 heteroatoms. The minimum absolute atomic E-state index is 0.0307. The molecule has 1 aromatic heterocycles. The van der Waals surface area contributed by atoms with Crippen molar-refractivity contribution in [3.8, 4) is 0 Å². The van der Waals surface area contributed by atoms with Gasteiger partial charge in [0.05, 0.1) is 0 Å². The Hall–Kier alpha value is -1.59. The Morgan fingerprint density at radius 2 is 2.31 bits per heavy atom. The van der Waals surface area contributed by atoms with Crippen molar-refractivity contribution in [3.63, 3.8) is 0 Å². The molecule has 6 nitrogen and oxygen atoms in total. The van der Waals surface area contributed by atoms with E-state index in [9.17, 15) is 4.79 Å². The molecule has 1 amide bonds. The molecule has 1 aliphatic rings. The van der Waals surface area contributed by atoms with E-state index in [0.717, 1.165) is 6.54 Å². The Morgan fingerprint density at radius 1 is 1.56 bits per heavy atom. The van der Waals surface area contributed by atoms with Crippen LogP contribution in [-0.2, 0) is 11.3 Å². The summed E-state index contributed by atoms with van der Waals surface area (Å²) in [6.07, 6.45) is 6.51. The molecular formula is C10H17N5O. The first kappa shape index (κ1) is 10.9. The van der Waals surface area contributed by atoms with Gasteiger partial charge in [0, 0.05) is 6.54 Å². The highest BCUT2D eigenvalue weighted by atomic mass is 16.2. The molecule has 0 saturated heterocycles. The van der Waals surface area contributed by atoms with E-state index in [1.54, 1.807) is 0 Å². The van der Waals surface area contributed by atoms with E-state index < -0.39 is 0 Å². The smallest absolute Gasteiger partial charge is 0.241 e. The molecule has 1 heterocycles. The largest absolute Gasteiger partial charge is 0.367 e. The zero-order chi connectivity index (χ0) is 11.4. The number of nitrogen functional groups attached to an aromatic ring is 1. The van der Waals surface area contributed by atoms with Gasteiger partial charge in [-0.2, -0.15) is 0 Å². The van der Waals surface area contributed by atoms with Crippen molar-refractivity contribution in [1.82, 2.24) is 20.1 Å². The van der Waals surface area contributed by atoms with Gasteiger partial charge in [-0.3, -0.25) is 4.79 Å². The van der Waals surface area contributed by atoms with Gasteiger partial charge in [0.25, 0.3) is 0 Å². The average molecular weight is 223 g/mol. The average Bonchev–Trinajstić information content (AvgIpc) is 2.87. The van der Waals surface area contributed by atoms with Crippen LogP contribution in [0.3, 0.4) is 0 Å². The van der Waals surface area contributed by atoms with E-state index in [1.807, 2.05) is 0 Å². The number of nitrogens with one attached hydrogen (secondary N) is 1. The molecule has 0 atom stereocenters. The molecule has 0 aromatic carbocycles. The molecule has 1 saturated carbocycles. The maximum Gasteiger partial charge on any atom is 0.241 e. The molecule has 0 unspecified atom stereocenters. The third kappa shape index (κ3) is 2.95. The molecule has 1 fully saturated rings. The maximum atomic E-state index is 11.5. The summed E-state index contributed by atoms with van der Waals surface area (Å²) in [4.78, 5) is 15.3. The summed E-state index contributed by atoms with van der Waals surface area (Å²) in [6.45, 7) is 0.972. The Morgan fingerprint density at radius 3 is 2.94 bits per heavy atom. The van der Waals surface area contributed by atoms with Gasteiger partial charge >= 0.3 is 0 Å². The third-order valence-electron chi connectivity index (χ3n) is 2.92. The molecule has 0 bridgehead atoms. The molecule has 0 aliphatic heterocycles. The first-order valence-electron chi connectivity index (χ1n) is 5.65. The van der Waals surface area contributed by atoms with Crippen molar-refractivity contribution in [2.75, 3.05) is 12.3 Å². The predicted molar refractivity (Wildman–Crippen MR) is 59.4 cm³/mol. The lowest BCUT2D eigenvalue weighted by Gasteiger charge is -2.10. The van der Waals surface area contributed by atoms with Crippen molar-refractivity contribution < 1.29 is 4.79 Å². The van der Waals surface area contributed by atoms with Crippen molar-refractivity contribution in [2.45, 2.75) is 32.2 Å². The van der Waals surface area contributed by atoms with E-state index in [2.05, 4.69) is 15.4 Å². The van der Waals surface area contributed by atoms with Crippen LogP contribution in [0.25, 0.3) is 0 Å². The molecule has 2 rings (SSSR count). The van der Waals surface area contributed by atoms with Crippen LogP contribution in [-0.4, -0.2) is 27.2 Å². The summed E-state index contributed by atoms with van der Waals surface area (Å²) in [5, 5.41) is 6.77. The number of aromatic nitrogens is 3. The molecule has 0 spiro atoms. The van der Waals surface area contributed by atoms with Crippen LogP contribution < -0.4 is 11.1 Å². The Labute approximate surface area is 94.2 Å². The van der Waals surface area contributed by atoms with Crippen LogP contribution in [0.15, 0.2) is 6.33 Å². The number of nitrogens with two attached hydrogens (primary N) is 1. The third-order valence-corrected chi connectivity index (χ3v) is 2.92. The van der Waals surface area contributed by atoms with Crippen LogP contribution in [0.5, 0.6) is 0 Å². The highest BCUT2D eigenvalue weighted by Crippen LogP contribution is 2.23. The van der Waals surface area contributed by atoms with Gasteiger partial charge < -0.3 is 11.1 Å². The topological polar surface area (TPSA) is 85.8 Å². The molecule has 1 aliphatic carbocycles. The number of amides is 1. The fourth-order valence-electron chi connectivity index (χ4n) is 2.06. The zero-order valence-corrected chi connectivity index (χ0v) is 9.22. The lowest BCUT2D eigenvalue weighted by Crippen LogP contribution is -2.31. The summed E-state index contributed by atoms with van der Waals surface area (Å²) in [5.74, 6) is 0.824. The first-order chi connectivity index (χ1) is 7.74. The Kier molecular flexibility index (Phi) is 3.38. The number of carbonyl (C=O) groups is 1. The highest BCUT2D eigenvalue weighted by Gasteiger charge is 2.15. The van der Waals surface area contributed by atoms with Gasteiger partial charge in [-0.05, 0) is 18.8 Å². The quantitative estimate of drug-likeness (QED) is 0.761. The van der Waals surface area contributed by atoms with Crippen molar-refractivity contribution in [3.05, 3.63) is 6.33 Å². The SMILES string of the molecule is Nc1ncn(CC(=O)NCC2CCCC2)n1. The first-order valence-corrected chi connectivity index (χ1v) is 5.65. The summed E-state index contributed by atoms with van der Waals surface area (Å²) in [6, 6.07) is 0. The Balaban J connectivity index is 1.71.